The summed E-state index contributed by atoms with van der Waals surface area (Å²) in [6.07, 6.45) is 0.410. The SMILES string of the molecule is CCOC(=O)NC(=O)COC(=O)CNS(=O)(=O)c1ccc(NCc2ccco2)c([N+](=O)[O-])c1. The van der Waals surface area contributed by atoms with E-state index < -0.39 is 56.7 Å². The molecule has 0 aliphatic rings. The molecule has 2 rings (SSSR count). The molecule has 14 nitrogen and oxygen atoms in total. The number of rotatable bonds is 11. The quantitative estimate of drug-likeness (QED) is 0.233. The lowest BCUT2D eigenvalue weighted by atomic mass is 10.2. The van der Waals surface area contributed by atoms with Crippen molar-refractivity contribution >= 4 is 39.4 Å². The van der Waals surface area contributed by atoms with Crippen molar-refractivity contribution in [2.75, 3.05) is 25.1 Å². The predicted molar refractivity (Wildman–Crippen MR) is 110 cm³/mol. The molecule has 1 aromatic carbocycles. The summed E-state index contributed by atoms with van der Waals surface area (Å²) in [5.74, 6) is -1.58. The van der Waals surface area contributed by atoms with Crippen molar-refractivity contribution in [2.24, 2.45) is 0 Å². The summed E-state index contributed by atoms with van der Waals surface area (Å²) in [7, 11) is -4.33. The molecule has 0 aliphatic carbocycles. The summed E-state index contributed by atoms with van der Waals surface area (Å²) in [6, 6.07) is 6.43. The number of amides is 2. The van der Waals surface area contributed by atoms with Crippen molar-refractivity contribution in [3.8, 4) is 0 Å². The molecule has 15 heteroatoms. The first-order chi connectivity index (χ1) is 15.6. The van der Waals surface area contributed by atoms with Gasteiger partial charge in [-0.25, -0.2) is 13.2 Å². The van der Waals surface area contributed by atoms with Crippen molar-refractivity contribution in [1.29, 1.82) is 0 Å². The summed E-state index contributed by atoms with van der Waals surface area (Å²) in [4.78, 5) is 44.3. The van der Waals surface area contributed by atoms with Gasteiger partial charge in [-0.3, -0.25) is 25.0 Å². The lowest BCUT2D eigenvalue weighted by Gasteiger charge is -2.10. The van der Waals surface area contributed by atoms with E-state index in [1.807, 2.05) is 4.72 Å². The maximum Gasteiger partial charge on any atom is 0.413 e. The number of carbonyl (C=O) groups is 3. The molecule has 0 atom stereocenters. The Bertz CT molecular complexity index is 1120. The average Bonchev–Trinajstić information content (AvgIpc) is 3.28. The minimum absolute atomic E-state index is 0.0276. The number of hydrogen-bond acceptors (Lipinski definition) is 11. The van der Waals surface area contributed by atoms with Gasteiger partial charge in [0.05, 0.1) is 29.2 Å². The van der Waals surface area contributed by atoms with Crippen LogP contribution in [0.2, 0.25) is 0 Å². The number of nitro benzene ring substituents is 1. The minimum atomic E-state index is -4.33. The van der Waals surface area contributed by atoms with E-state index in [-0.39, 0.29) is 18.8 Å². The molecule has 0 saturated carbocycles. The van der Waals surface area contributed by atoms with Gasteiger partial charge in [-0.2, -0.15) is 4.72 Å². The van der Waals surface area contributed by atoms with Crippen LogP contribution < -0.4 is 15.4 Å². The highest BCUT2D eigenvalue weighted by atomic mass is 32.2. The molecule has 33 heavy (non-hydrogen) atoms. The van der Waals surface area contributed by atoms with Gasteiger partial charge in [-0.15, -0.1) is 0 Å². The lowest BCUT2D eigenvalue weighted by Crippen LogP contribution is -2.36. The second-order valence-electron chi connectivity index (χ2n) is 6.12. The number of hydrogen-bond donors (Lipinski definition) is 3. The maximum atomic E-state index is 12.4. The predicted octanol–water partition coefficient (Wildman–Crippen LogP) is 0.894. The van der Waals surface area contributed by atoms with E-state index in [2.05, 4.69) is 14.8 Å². The molecule has 2 amide bonds. The van der Waals surface area contributed by atoms with Gasteiger partial charge >= 0.3 is 12.1 Å². The third-order valence-corrected chi connectivity index (χ3v) is 5.20. The number of nitrogens with one attached hydrogen (secondary N) is 3. The molecule has 0 radical (unpaired) electrons. The summed E-state index contributed by atoms with van der Waals surface area (Å²) >= 11 is 0. The summed E-state index contributed by atoms with van der Waals surface area (Å²) in [6.45, 7) is -0.0222. The van der Waals surface area contributed by atoms with Crippen LogP contribution in [0.3, 0.4) is 0 Å². The van der Waals surface area contributed by atoms with Gasteiger partial charge in [0.2, 0.25) is 10.0 Å². The van der Waals surface area contributed by atoms with Crippen LogP contribution in [0.25, 0.3) is 0 Å². The Morgan fingerprint density at radius 3 is 2.58 bits per heavy atom. The van der Waals surface area contributed by atoms with Gasteiger partial charge < -0.3 is 19.2 Å². The van der Waals surface area contributed by atoms with Gasteiger partial charge in [-0.1, -0.05) is 0 Å². The molecule has 0 saturated heterocycles. The van der Waals surface area contributed by atoms with Crippen molar-refractivity contribution in [2.45, 2.75) is 18.4 Å². The second kappa shape index (κ2) is 11.6. The zero-order chi connectivity index (χ0) is 24.4. The van der Waals surface area contributed by atoms with Crippen LogP contribution in [0.4, 0.5) is 16.2 Å². The van der Waals surface area contributed by atoms with Crippen LogP contribution in [-0.4, -0.2) is 51.1 Å². The Morgan fingerprint density at radius 2 is 1.94 bits per heavy atom. The maximum absolute atomic E-state index is 12.4. The molecular weight excluding hydrogens is 464 g/mol. The summed E-state index contributed by atoms with van der Waals surface area (Å²) in [5, 5.41) is 15.9. The Kier molecular flexibility index (Phi) is 8.88. The molecule has 0 unspecified atom stereocenters. The van der Waals surface area contributed by atoms with E-state index in [9.17, 15) is 32.9 Å². The molecule has 1 aromatic heterocycles. The molecule has 1 heterocycles. The monoisotopic (exact) mass is 484 g/mol. The Labute approximate surface area is 187 Å². The zero-order valence-corrected chi connectivity index (χ0v) is 18.0. The molecule has 2 aromatic rings. The first-order valence-corrected chi connectivity index (χ1v) is 10.8. The van der Waals surface area contributed by atoms with E-state index in [1.54, 1.807) is 17.4 Å². The Balaban J connectivity index is 1.96. The number of nitrogens with zero attached hydrogens (tertiary/aromatic N) is 1. The molecule has 0 fully saturated rings. The number of carbonyl (C=O) groups excluding carboxylic acids is 3. The number of esters is 1. The third kappa shape index (κ3) is 7.89. The van der Waals surface area contributed by atoms with E-state index >= 15 is 0 Å². The fourth-order valence-electron chi connectivity index (χ4n) is 2.33. The highest BCUT2D eigenvalue weighted by Gasteiger charge is 2.23. The van der Waals surface area contributed by atoms with Crippen LogP contribution in [0, 0.1) is 10.1 Å². The number of alkyl carbamates (subject to hydrolysis) is 1. The van der Waals surface area contributed by atoms with E-state index in [0.29, 0.717) is 5.76 Å². The molecule has 3 N–H and O–H groups in total. The highest BCUT2D eigenvalue weighted by molar-refractivity contribution is 7.89. The smallest absolute Gasteiger partial charge is 0.413 e. The van der Waals surface area contributed by atoms with Gasteiger partial charge in [0, 0.05) is 6.07 Å². The van der Waals surface area contributed by atoms with Crippen LogP contribution in [0.1, 0.15) is 12.7 Å². The Hall–Kier alpha value is -3.98. The molecule has 0 aliphatic heterocycles. The number of anilines is 1. The first-order valence-electron chi connectivity index (χ1n) is 9.29. The van der Waals surface area contributed by atoms with Crippen molar-refractivity contribution < 1.29 is 41.6 Å². The van der Waals surface area contributed by atoms with Crippen molar-refractivity contribution in [3.63, 3.8) is 0 Å². The zero-order valence-electron chi connectivity index (χ0n) is 17.2. The van der Waals surface area contributed by atoms with Gasteiger partial charge in [0.25, 0.3) is 11.6 Å². The largest absolute Gasteiger partial charge is 0.467 e. The van der Waals surface area contributed by atoms with Crippen molar-refractivity contribution in [1.82, 2.24) is 10.0 Å². The number of ether oxygens (including phenoxy) is 2. The molecule has 178 valence electrons. The van der Waals surface area contributed by atoms with E-state index in [0.717, 1.165) is 12.1 Å². The highest BCUT2D eigenvalue weighted by Crippen LogP contribution is 2.28. The summed E-state index contributed by atoms with van der Waals surface area (Å²) in [5.41, 5.74) is -0.454. The normalized spacial score (nSPS) is 10.8. The number of imide groups is 1. The molecule has 0 spiro atoms. The van der Waals surface area contributed by atoms with Crippen LogP contribution in [0.15, 0.2) is 45.9 Å². The van der Waals surface area contributed by atoms with E-state index in [4.69, 9.17) is 4.42 Å². The van der Waals surface area contributed by atoms with Gasteiger partial charge in [0.15, 0.2) is 6.61 Å². The second-order valence-corrected chi connectivity index (χ2v) is 7.89. The number of benzene rings is 1. The fraction of sp³-hybridized carbons (Fsp3) is 0.278. The van der Waals surface area contributed by atoms with Crippen LogP contribution in [0.5, 0.6) is 0 Å². The molecular formula is C18H20N4O10S. The van der Waals surface area contributed by atoms with Crippen LogP contribution in [-0.2, 0) is 35.6 Å². The van der Waals surface area contributed by atoms with Crippen molar-refractivity contribution in [3.05, 3.63) is 52.5 Å². The van der Waals surface area contributed by atoms with E-state index in [1.165, 1.54) is 19.3 Å². The van der Waals surface area contributed by atoms with Gasteiger partial charge in [0.1, 0.15) is 18.0 Å². The summed E-state index contributed by atoms with van der Waals surface area (Å²) < 4.78 is 40.9. The Morgan fingerprint density at radius 1 is 1.18 bits per heavy atom. The van der Waals surface area contributed by atoms with Crippen LogP contribution >= 0.6 is 0 Å². The number of sulfonamides is 1. The standard InChI is InChI=1S/C18H20N4O10S/c1-2-30-18(25)21-16(23)11-32-17(24)10-20-33(28,29)13-5-6-14(15(8-13)22(26)27)19-9-12-4-3-7-31-12/h3-8,19-20H,2,9-11H2,1H3,(H,21,23,25). The number of nitro groups is 1. The topological polar surface area (TPSA) is 196 Å². The first kappa shape index (κ1) is 25.3. The number of furan rings is 1. The third-order valence-electron chi connectivity index (χ3n) is 3.80. The molecule has 0 bridgehead atoms. The van der Waals surface area contributed by atoms with Gasteiger partial charge in [-0.05, 0) is 31.2 Å². The average molecular weight is 484 g/mol. The lowest BCUT2D eigenvalue weighted by molar-refractivity contribution is -0.384. The fourth-order valence-corrected chi connectivity index (χ4v) is 3.31. The minimum Gasteiger partial charge on any atom is -0.467 e.